The van der Waals surface area contributed by atoms with E-state index in [1.807, 2.05) is 18.2 Å². The largest absolute Gasteiger partial charge is 0.297 e. The summed E-state index contributed by atoms with van der Waals surface area (Å²) in [7, 11) is 0. The molecule has 3 N–H and O–H groups in total. The zero-order valence-electron chi connectivity index (χ0n) is 12.8. The molecule has 1 atom stereocenters. The normalized spacial score (nSPS) is 18.7. The summed E-state index contributed by atoms with van der Waals surface area (Å²) in [6, 6.07) is 5.88. The van der Waals surface area contributed by atoms with Crippen LogP contribution in [0.15, 0.2) is 18.2 Å². The van der Waals surface area contributed by atoms with Crippen LogP contribution in [0.25, 0.3) is 0 Å². The molecule has 1 saturated heterocycles. The van der Waals surface area contributed by atoms with Crippen LogP contribution in [-0.4, -0.2) is 29.6 Å². The number of hydrogen-bond acceptors (Lipinski definition) is 3. The minimum atomic E-state index is -0.0270. The van der Waals surface area contributed by atoms with Gasteiger partial charge in [-0.1, -0.05) is 41.8 Å². The number of piperidine rings is 1. The van der Waals surface area contributed by atoms with Gasteiger partial charge in [0.2, 0.25) is 0 Å². The van der Waals surface area contributed by atoms with Gasteiger partial charge in [0, 0.05) is 11.6 Å². The third kappa shape index (κ3) is 3.91. The Labute approximate surface area is 137 Å². The van der Waals surface area contributed by atoms with E-state index < -0.39 is 0 Å². The van der Waals surface area contributed by atoms with Gasteiger partial charge in [-0.2, -0.15) is 0 Å². The van der Waals surface area contributed by atoms with E-state index in [0.29, 0.717) is 10.0 Å². The van der Waals surface area contributed by atoms with Crippen LogP contribution in [-0.2, 0) is 6.42 Å². The lowest BCUT2D eigenvalue weighted by atomic mass is 9.86. The number of nitrogens with one attached hydrogen (secondary N) is 1. The van der Waals surface area contributed by atoms with E-state index in [1.54, 1.807) is 0 Å². The summed E-state index contributed by atoms with van der Waals surface area (Å²) < 4.78 is 0. The van der Waals surface area contributed by atoms with Gasteiger partial charge >= 0.3 is 0 Å². The number of halogens is 2. The van der Waals surface area contributed by atoms with Crippen molar-refractivity contribution in [3.05, 3.63) is 33.8 Å². The third-order valence-electron chi connectivity index (χ3n) is 4.68. The predicted molar refractivity (Wildman–Crippen MR) is 90.8 cm³/mol. The Balaban J connectivity index is 2.16. The minimum absolute atomic E-state index is 0.0270. The molecule has 0 saturated carbocycles. The second kappa shape index (κ2) is 7.30. The number of likely N-dealkylation sites (tertiary alicyclic amines) is 1. The highest BCUT2D eigenvalue weighted by Crippen LogP contribution is 2.30. The van der Waals surface area contributed by atoms with Gasteiger partial charge < -0.3 is 0 Å². The third-order valence-corrected chi connectivity index (χ3v) is 5.54. The molecule has 1 aromatic carbocycles. The highest BCUT2D eigenvalue weighted by Gasteiger charge is 2.35. The van der Waals surface area contributed by atoms with Crippen molar-refractivity contribution in [2.24, 2.45) is 5.84 Å². The Morgan fingerprint density at radius 2 is 1.90 bits per heavy atom. The van der Waals surface area contributed by atoms with Gasteiger partial charge in [0.1, 0.15) is 0 Å². The molecule has 1 fully saturated rings. The van der Waals surface area contributed by atoms with Crippen molar-refractivity contribution in [2.75, 3.05) is 13.1 Å². The standard InChI is InChI=1S/C16H25Cl2N3/c1-16(2,21-9-4-3-5-10-21)14(20-19)11-12-7-6-8-13(17)15(12)18/h6-8,14,20H,3-5,9-11,19H2,1-2H3. The smallest absolute Gasteiger partial charge is 0.0624 e. The first-order valence-electron chi connectivity index (χ1n) is 7.61. The van der Waals surface area contributed by atoms with Crippen LogP contribution < -0.4 is 11.3 Å². The van der Waals surface area contributed by atoms with Crippen LogP contribution in [0.2, 0.25) is 10.0 Å². The molecule has 0 bridgehead atoms. The quantitative estimate of drug-likeness (QED) is 0.640. The predicted octanol–water partition coefficient (Wildman–Crippen LogP) is 3.63. The molecule has 0 aliphatic carbocycles. The fourth-order valence-corrected chi connectivity index (χ4v) is 3.53. The second-order valence-electron chi connectivity index (χ2n) is 6.34. The van der Waals surface area contributed by atoms with Crippen molar-refractivity contribution in [2.45, 2.75) is 51.1 Å². The van der Waals surface area contributed by atoms with Crippen molar-refractivity contribution in [1.29, 1.82) is 0 Å². The van der Waals surface area contributed by atoms with E-state index >= 15 is 0 Å². The average molecular weight is 330 g/mol. The number of benzene rings is 1. The number of nitrogens with two attached hydrogens (primary N) is 1. The van der Waals surface area contributed by atoms with Crippen LogP contribution in [0, 0.1) is 0 Å². The minimum Gasteiger partial charge on any atom is -0.297 e. The average Bonchev–Trinajstić information content (AvgIpc) is 2.49. The number of rotatable bonds is 5. The number of hydrazine groups is 1. The summed E-state index contributed by atoms with van der Waals surface area (Å²) in [5.74, 6) is 5.85. The van der Waals surface area contributed by atoms with Gasteiger partial charge in [-0.3, -0.25) is 16.2 Å². The van der Waals surface area contributed by atoms with E-state index in [0.717, 1.165) is 25.1 Å². The van der Waals surface area contributed by atoms with Crippen LogP contribution in [0.3, 0.4) is 0 Å². The maximum Gasteiger partial charge on any atom is 0.0624 e. The van der Waals surface area contributed by atoms with Crippen LogP contribution in [0.4, 0.5) is 0 Å². The van der Waals surface area contributed by atoms with E-state index in [4.69, 9.17) is 29.0 Å². The van der Waals surface area contributed by atoms with Crippen molar-refractivity contribution in [3.8, 4) is 0 Å². The first-order valence-corrected chi connectivity index (χ1v) is 8.36. The lowest BCUT2D eigenvalue weighted by Crippen LogP contribution is -2.61. The molecular formula is C16H25Cl2N3. The van der Waals surface area contributed by atoms with E-state index in [-0.39, 0.29) is 11.6 Å². The van der Waals surface area contributed by atoms with Gasteiger partial charge in [0.05, 0.1) is 10.0 Å². The summed E-state index contributed by atoms with van der Waals surface area (Å²) >= 11 is 12.4. The highest BCUT2D eigenvalue weighted by molar-refractivity contribution is 6.42. The molecule has 1 heterocycles. The summed E-state index contributed by atoms with van der Waals surface area (Å²) in [4.78, 5) is 2.53. The molecule has 0 aromatic heterocycles. The fraction of sp³-hybridized carbons (Fsp3) is 0.625. The van der Waals surface area contributed by atoms with Gasteiger partial charge in [0.25, 0.3) is 0 Å². The van der Waals surface area contributed by atoms with Crippen molar-refractivity contribution in [1.82, 2.24) is 10.3 Å². The summed E-state index contributed by atoms with van der Waals surface area (Å²) in [5.41, 5.74) is 4.00. The Morgan fingerprint density at radius 3 is 2.52 bits per heavy atom. The summed E-state index contributed by atoms with van der Waals surface area (Å²) in [5, 5.41) is 1.23. The molecule has 0 amide bonds. The molecule has 1 aliphatic heterocycles. The summed E-state index contributed by atoms with van der Waals surface area (Å²) in [6.45, 7) is 6.77. The first-order chi connectivity index (χ1) is 9.96. The Bertz CT molecular complexity index is 471. The molecule has 1 aromatic rings. The molecule has 2 rings (SSSR count). The topological polar surface area (TPSA) is 41.3 Å². The molecule has 0 spiro atoms. The zero-order valence-corrected chi connectivity index (χ0v) is 14.3. The lowest BCUT2D eigenvalue weighted by molar-refractivity contribution is 0.0611. The van der Waals surface area contributed by atoms with Crippen LogP contribution >= 0.6 is 23.2 Å². The van der Waals surface area contributed by atoms with Crippen molar-refractivity contribution in [3.63, 3.8) is 0 Å². The zero-order chi connectivity index (χ0) is 15.5. The van der Waals surface area contributed by atoms with Gasteiger partial charge in [-0.15, -0.1) is 0 Å². The molecule has 118 valence electrons. The molecule has 1 unspecified atom stereocenters. The Morgan fingerprint density at radius 1 is 1.24 bits per heavy atom. The SMILES string of the molecule is CC(C)(C(Cc1cccc(Cl)c1Cl)NN)N1CCCCC1. The molecule has 1 aliphatic rings. The number of hydrogen-bond donors (Lipinski definition) is 2. The van der Waals surface area contributed by atoms with Gasteiger partial charge in [0.15, 0.2) is 0 Å². The fourth-order valence-electron chi connectivity index (χ4n) is 3.13. The second-order valence-corrected chi connectivity index (χ2v) is 7.12. The van der Waals surface area contributed by atoms with Crippen molar-refractivity contribution < 1.29 is 0 Å². The number of nitrogens with zero attached hydrogens (tertiary/aromatic N) is 1. The van der Waals surface area contributed by atoms with E-state index in [1.165, 1.54) is 19.3 Å². The lowest BCUT2D eigenvalue weighted by Gasteiger charge is -2.46. The molecule has 0 radical (unpaired) electrons. The monoisotopic (exact) mass is 329 g/mol. The van der Waals surface area contributed by atoms with Crippen LogP contribution in [0.1, 0.15) is 38.7 Å². The Kier molecular flexibility index (Phi) is 5.92. The van der Waals surface area contributed by atoms with Gasteiger partial charge in [-0.25, -0.2) is 0 Å². The molecule has 21 heavy (non-hydrogen) atoms. The van der Waals surface area contributed by atoms with Gasteiger partial charge in [-0.05, 0) is 57.8 Å². The Hall–Kier alpha value is -0.320. The molecule has 3 nitrogen and oxygen atoms in total. The molecule has 5 heteroatoms. The highest BCUT2D eigenvalue weighted by atomic mass is 35.5. The van der Waals surface area contributed by atoms with Crippen LogP contribution in [0.5, 0.6) is 0 Å². The first kappa shape index (κ1) is 17.0. The van der Waals surface area contributed by atoms with E-state index in [9.17, 15) is 0 Å². The maximum absolute atomic E-state index is 6.32. The van der Waals surface area contributed by atoms with E-state index in [2.05, 4.69) is 24.2 Å². The molecular weight excluding hydrogens is 305 g/mol. The summed E-state index contributed by atoms with van der Waals surface area (Å²) in [6.07, 6.45) is 4.62. The van der Waals surface area contributed by atoms with Crippen molar-refractivity contribution >= 4 is 23.2 Å². The maximum atomic E-state index is 6.32.